The molecule has 0 spiro atoms. The van der Waals surface area contributed by atoms with Crippen LogP contribution in [0.4, 0.5) is 29.5 Å². The molecule has 1 aromatic carbocycles. The van der Waals surface area contributed by atoms with Crippen LogP contribution in [0.25, 0.3) is 0 Å². The molecule has 0 aliphatic rings. The first kappa shape index (κ1) is 18.0. The van der Waals surface area contributed by atoms with Gasteiger partial charge in [0.1, 0.15) is 5.69 Å². The van der Waals surface area contributed by atoms with E-state index in [1.807, 2.05) is 0 Å². The third-order valence-corrected chi connectivity index (χ3v) is 2.89. The zero-order chi connectivity index (χ0) is 18.6. The number of hydrogen-bond acceptors (Lipinski definition) is 5. The zero-order valence-corrected chi connectivity index (χ0v) is 12.7. The molecule has 0 saturated heterocycles. The van der Waals surface area contributed by atoms with Gasteiger partial charge in [-0.3, -0.25) is 0 Å². The van der Waals surface area contributed by atoms with Crippen LogP contribution < -0.4 is 15.8 Å². The fourth-order valence-electron chi connectivity index (χ4n) is 1.78. The Balaban J connectivity index is 2.38. The molecule has 0 fully saturated rings. The quantitative estimate of drug-likeness (QED) is 0.569. The van der Waals surface area contributed by atoms with E-state index in [1.165, 1.54) is 25.4 Å². The number of amidine groups is 1. The van der Waals surface area contributed by atoms with Gasteiger partial charge in [-0.05, 0) is 24.3 Å². The number of nitrogens with zero attached hydrogens (tertiary/aromatic N) is 3. The predicted molar refractivity (Wildman–Crippen MR) is 82.1 cm³/mol. The van der Waals surface area contributed by atoms with Crippen LogP contribution in [0.5, 0.6) is 5.88 Å². The Labute approximate surface area is 139 Å². The van der Waals surface area contributed by atoms with Crippen LogP contribution in [0.1, 0.15) is 11.3 Å². The highest BCUT2D eigenvalue weighted by molar-refractivity contribution is 6.04. The van der Waals surface area contributed by atoms with Crippen molar-refractivity contribution in [2.75, 3.05) is 12.4 Å². The Hall–Kier alpha value is -3.37. The largest absolute Gasteiger partial charge is 0.480 e. The lowest BCUT2D eigenvalue weighted by Gasteiger charge is -2.12. The number of methoxy groups -OCH3 is 1. The van der Waals surface area contributed by atoms with Gasteiger partial charge in [-0.15, -0.1) is 0 Å². The van der Waals surface area contributed by atoms with Crippen LogP contribution in [0, 0.1) is 0 Å². The molecular formula is C14H12F3N5O3. The van der Waals surface area contributed by atoms with Gasteiger partial charge in [0.05, 0.1) is 18.9 Å². The number of ether oxygens (including phenoxy) is 1. The van der Waals surface area contributed by atoms with Gasteiger partial charge in [-0.1, -0.05) is 0 Å². The summed E-state index contributed by atoms with van der Waals surface area (Å²) in [7, 11) is 1.33. The van der Waals surface area contributed by atoms with Crippen molar-refractivity contribution in [3.05, 3.63) is 41.7 Å². The first-order valence-corrected chi connectivity index (χ1v) is 6.63. The van der Waals surface area contributed by atoms with E-state index in [1.54, 1.807) is 0 Å². The van der Waals surface area contributed by atoms with Gasteiger partial charge >= 0.3 is 12.3 Å². The monoisotopic (exact) mass is 355 g/mol. The average molecular weight is 355 g/mol. The normalized spacial score (nSPS) is 11.9. The second-order valence-electron chi connectivity index (χ2n) is 4.59. The molecule has 0 radical (unpaired) electrons. The standard InChI is InChI=1S/C14H12F3N5O3/c1-25-9-6-19-10(11(18)22-13(23)24)12(21-9)20-8-4-2-7(3-5-8)14(15,16)17/h2-6H,1H3,(H2,18,22)(H,20,21)(H,23,24). The molecule has 1 heterocycles. The van der Waals surface area contributed by atoms with E-state index in [0.29, 0.717) is 0 Å². The first-order chi connectivity index (χ1) is 11.7. The molecule has 1 aromatic heterocycles. The molecule has 2 rings (SSSR count). The number of halogens is 3. The molecule has 0 saturated carbocycles. The van der Waals surface area contributed by atoms with Gasteiger partial charge in [0.2, 0.25) is 5.88 Å². The maximum absolute atomic E-state index is 12.6. The number of benzene rings is 1. The van der Waals surface area contributed by atoms with Gasteiger partial charge in [-0.25, -0.2) is 9.78 Å². The number of rotatable bonds is 4. The molecule has 25 heavy (non-hydrogen) atoms. The number of aliphatic imine (C=N–C) groups is 1. The van der Waals surface area contributed by atoms with E-state index in [4.69, 9.17) is 15.6 Å². The third kappa shape index (κ3) is 4.56. The van der Waals surface area contributed by atoms with Crippen molar-refractivity contribution in [2.24, 2.45) is 10.7 Å². The van der Waals surface area contributed by atoms with Crippen molar-refractivity contribution >= 4 is 23.4 Å². The van der Waals surface area contributed by atoms with E-state index in [0.717, 1.165) is 12.1 Å². The number of amides is 1. The van der Waals surface area contributed by atoms with Crippen molar-refractivity contribution in [1.29, 1.82) is 0 Å². The number of hydrogen-bond donors (Lipinski definition) is 3. The fraction of sp³-hybridized carbons (Fsp3) is 0.143. The summed E-state index contributed by atoms with van der Waals surface area (Å²) in [5.41, 5.74) is 4.90. The minimum atomic E-state index is -4.46. The van der Waals surface area contributed by atoms with Gasteiger partial charge in [0, 0.05) is 5.69 Å². The molecule has 0 aliphatic carbocycles. The lowest BCUT2D eigenvalue weighted by molar-refractivity contribution is -0.137. The van der Waals surface area contributed by atoms with Crippen molar-refractivity contribution in [1.82, 2.24) is 9.97 Å². The van der Waals surface area contributed by atoms with Crippen LogP contribution in [-0.4, -0.2) is 34.1 Å². The summed E-state index contributed by atoms with van der Waals surface area (Å²) in [6.07, 6.45) is -4.80. The Morgan fingerprint density at radius 2 is 1.96 bits per heavy atom. The van der Waals surface area contributed by atoms with E-state index < -0.39 is 23.7 Å². The summed E-state index contributed by atoms with van der Waals surface area (Å²) in [6, 6.07) is 4.12. The Morgan fingerprint density at radius 1 is 1.32 bits per heavy atom. The number of nitrogens with one attached hydrogen (secondary N) is 1. The van der Waals surface area contributed by atoms with Gasteiger partial charge in [0.25, 0.3) is 0 Å². The molecule has 1 amide bonds. The van der Waals surface area contributed by atoms with Crippen LogP contribution in [0.15, 0.2) is 35.5 Å². The van der Waals surface area contributed by atoms with E-state index in [9.17, 15) is 18.0 Å². The number of carboxylic acid groups (broad SMARTS) is 1. The molecule has 0 unspecified atom stereocenters. The number of alkyl halides is 3. The molecule has 4 N–H and O–H groups in total. The summed E-state index contributed by atoms with van der Waals surface area (Å²) < 4.78 is 42.7. The lowest BCUT2D eigenvalue weighted by atomic mass is 10.2. The minimum Gasteiger partial charge on any atom is -0.480 e. The molecule has 0 bridgehead atoms. The Bertz CT molecular complexity index is 806. The molecular weight excluding hydrogens is 343 g/mol. The van der Waals surface area contributed by atoms with Gasteiger partial charge in [-0.2, -0.15) is 23.1 Å². The molecule has 2 aromatic rings. The highest BCUT2D eigenvalue weighted by Crippen LogP contribution is 2.30. The van der Waals surface area contributed by atoms with Crippen molar-refractivity contribution in [3.63, 3.8) is 0 Å². The van der Waals surface area contributed by atoms with Crippen molar-refractivity contribution in [3.8, 4) is 5.88 Å². The first-order valence-electron chi connectivity index (χ1n) is 6.63. The van der Waals surface area contributed by atoms with Gasteiger partial charge < -0.3 is 20.9 Å². The average Bonchev–Trinajstić information content (AvgIpc) is 2.53. The molecule has 0 aliphatic heterocycles. The second kappa shape index (κ2) is 7.03. The highest BCUT2D eigenvalue weighted by atomic mass is 19.4. The smallest absolute Gasteiger partial charge is 0.433 e. The molecule has 8 nitrogen and oxygen atoms in total. The van der Waals surface area contributed by atoms with E-state index >= 15 is 0 Å². The lowest BCUT2D eigenvalue weighted by Crippen LogP contribution is -2.19. The number of nitrogens with two attached hydrogens (primary N) is 1. The maximum atomic E-state index is 12.6. The van der Waals surface area contributed by atoms with Crippen LogP contribution in [0.3, 0.4) is 0 Å². The molecule has 132 valence electrons. The van der Waals surface area contributed by atoms with E-state index in [-0.39, 0.29) is 23.1 Å². The van der Waals surface area contributed by atoms with Crippen LogP contribution in [-0.2, 0) is 6.18 Å². The second-order valence-corrected chi connectivity index (χ2v) is 4.59. The van der Waals surface area contributed by atoms with E-state index in [2.05, 4.69) is 20.3 Å². The topological polar surface area (TPSA) is 123 Å². The van der Waals surface area contributed by atoms with Crippen molar-refractivity contribution < 1.29 is 27.8 Å². The SMILES string of the molecule is COc1cnc(/C(N)=N/C(=O)O)c(Nc2ccc(C(F)(F)F)cc2)n1. The zero-order valence-electron chi connectivity index (χ0n) is 12.7. The summed E-state index contributed by atoms with van der Waals surface area (Å²) in [5.74, 6) is -0.375. The summed E-state index contributed by atoms with van der Waals surface area (Å²) in [5, 5.41) is 11.4. The summed E-state index contributed by atoms with van der Waals surface area (Å²) in [6.45, 7) is 0. The minimum absolute atomic E-state index is 0.0263. The third-order valence-electron chi connectivity index (χ3n) is 2.89. The molecule has 11 heteroatoms. The molecule has 0 atom stereocenters. The number of carbonyl (C=O) groups is 1. The summed E-state index contributed by atoms with van der Waals surface area (Å²) in [4.78, 5) is 21.7. The Kier molecular flexibility index (Phi) is 5.05. The predicted octanol–water partition coefficient (Wildman–Crippen LogP) is 2.63. The summed E-state index contributed by atoms with van der Waals surface area (Å²) >= 11 is 0. The number of anilines is 2. The van der Waals surface area contributed by atoms with Gasteiger partial charge in [0.15, 0.2) is 11.7 Å². The maximum Gasteiger partial charge on any atom is 0.433 e. The fourth-order valence-corrected chi connectivity index (χ4v) is 1.78. The Morgan fingerprint density at radius 3 is 2.48 bits per heavy atom. The van der Waals surface area contributed by atoms with Crippen molar-refractivity contribution in [2.45, 2.75) is 6.18 Å². The van der Waals surface area contributed by atoms with Crippen LogP contribution >= 0.6 is 0 Å². The van der Waals surface area contributed by atoms with Crippen LogP contribution in [0.2, 0.25) is 0 Å². The number of aromatic nitrogens is 2. The highest BCUT2D eigenvalue weighted by Gasteiger charge is 2.30.